The van der Waals surface area contributed by atoms with E-state index in [0.717, 1.165) is 11.1 Å². The normalized spacial score (nSPS) is 26.8. The van der Waals surface area contributed by atoms with Crippen molar-refractivity contribution in [3.63, 3.8) is 0 Å². The van der Waals surface area contributed by atoms with E-state index in [9.17, 15) is 14.4 Å². The summed E-state index contributed by atoms with van der Waals surface area (Å²) in [4.78, 5) is 42.5. The van der Waals surface area contributed by atoms with Crippen LogP contribution in [0, 0.1) is 11.8 Å². The van der Waals surface area contributed by atoms with Gasteiger partial charge in [0.05, 0.1) is 11.8 Å². The number of halogens is 1. The Morgan fingerprint density at radius 3 is 2.26 bits per heavy atom. The summed E-state index contributed by atoms with van der Waals surface area (Å²) in [6.45, 7) is 0.285. The van der Waals surface area contributed by atoms with Gasteiger partial charge >= 0.3 is 0 Å². The first-order valence-corrected chi connectivity index (χ1v) is 12.2. The zero-order valence-corrected chi connectivity index (χ0v) is 19.7. The number of hydrogen-bond donors (Lipinski definition) is 2. The van der Waals surface area contributed by atoms with Crippen molar-refractivity contribution in [2.75, 3.05) is 11.9 Å². The fourth-order valence-electron chi connectivity index (χ4n) is 5.98. The SMILES string of the molecule is O=C1[C@H]2[C@H](Cc3ccccc3)N[C@@]3(C(=O)Nc4ccc(Cl)cc43)[C@@H]2C(=O)N1CCc1ccccc1. The number of rotatable bonds is 5. The van der Waals surface area contributed by atoms with Crippen LogP contribution in [0.2, 0.25) is 5.02 Å². The van der Waals surface area contributed by atoms with Gasteiger partial charge in [-0.15, -0.1) is 0 Å². The molecule has 0 aliphatic carbocycles. The largest absolute Gasteiger partial charge is 0.324 e. The number of likely N-dealkylation sites (tertiary alicyclic amines) is 1. The maximum absolute atomic E-state index is 13.9. The van der Waals surface area contributed by atoms with E-state index in [1.165, 1.54) is 4.90 Å². The Labute approximate surface area is 208 Å². The summed E-state index contributed by atoms with van der Waals surface area (Å²) in [6.07, 6.45) is 1.09. The predicted molar refractivity (Wildman–Crippen MR) is 133 cm³/mol. The van der Waals surface area contributed by atoms with Crippen molar-refractivity contribution in [2.24, 2.45) is 11.8 Å². The molecule has 2 saturated heterocycles. The molecule has 2 fully saturated rings. The summed E-state index contributed by atoms with van der Waals surface area (Å²) < 4.78 is 0. The van der Waals surface area contributed by atoms with E-state index < -0.39 is 17.4 Å². The van der Waals surface area contributed by atoms with Crippen molar-refractivity contribution in [2.45, 2.75) is 24.4 Å². The third-order valence-electron chi connectivity index (χ3n) is 7.53. The highest BCUT2D eigenvalue weighted by Gasteiger charge is 2.70. The molecule has 3 heterocycles. The minimum atomic E-state index is -1.33. The van der Waals surface area contributed by atoms with E-state index in [1.54, 1.807) is 18.2 Å². The Balaban J connectivity index is 1.41. The molecule has 0 aromatic heterocycles. The van der Waals surface area contributed by atoms with Gasteiger partial charge in [0.1, 0.15) is 5.54 Å². The van der Waals surface area contributed by atoms with E-state index in [1.807, 2.05) is 60.7 Å². The van der Waals surface area contributed by atoms with Crippen molar-refractivity contribution in [3.05, 3.63) is 101 Å². The van der Waals surface area contributed by atoms with Crippen molar-refractivity contribution in [1.29, 1.82) is 0 Å². The molecule has 3 aliphatic heterocycles. The highest BCUT2D eigenvalue weighted by molar-refractivity contribution is 6.31. The van der Waals surface area contributed by atoms with Crippen molar-refractivity contribution >= 4 is 35.0 Å². The first-order chi connectivity index (χ1) is 17.0. The fourth-order valence-corrected chi connectivity index (χ4v) is 6.15. The van der Waals surface area contributed by atoms with Gasteiger partial charge in [0.25, 0.3) is 0 Å². The lowest BCUT2D eigenvalue weighted by molar-refractivity contribution is -0.142. The van der Waals surface area contributed by atoms with Crippen LogP contribution < -0.4 is 10.6 Å². The summed E-state index contributed by atoms with van der Waals surface area (Å²) in [7, 11) is 0. The molecule has 6 nitrogen and oxygen atoms in total. The molecule has 3 aromatic carbocycles. The molecule has 6 rings (SSSR count). The molecule has 1 spiro atoms. The van der Waals surface area contributed by atoms with Gasteiger partial charge in [0.2, 0.25) is 17.7 Å². The molecule has 3 amide bonds. The summed E-state index contributed by atoms with van der Waals surface area (Å²) in [5, 5.41) is 6.86. The van der Waals surface area contributed by atoms with Gasteiger partial charge in [-0.3, -0.25) is 24.6 Å². The van der Waals surface area contributed by atoms with Crippen LogP contribution in [0.5, 0.6) is 0 Å². The minimum Gasteiger partial charge on any atom is -0.324 e. The van der Waals surface area contributed by atoms with Crippen LogP contribution in [-0.4, -0.2) is 35.2 Å². The predicted octanol–water partition coefficient (Wildman–Crippen LogP) is 3.55. The minimum absolute atomic E-state index is 0.218. The Bertz CT molecular complexity index is 1330. The number of fused-ring (bicyclic) bond motifs is 4. The van der Waals surface area contributed by atoms with Crippen LogP contribution in [-0.2, 0) is 32.8 Å². The van der Waals surface area contributed by atoms with E-state index >= 15 is 0 Å². The van der Waals surface area contributed by atoms with E-state index in [2.05, 4.69) is 10.6 Å². The van der Waals surface area contributed by atoms with Gasteiger partial charge in [-0.25, -0.2) is 0 Å². The molecule has 4 atom stereocenters. The number of carbonyl (C=O) groups excluding carboxylic acids is 3. The number of anilines is 1. The molecule has 7 heteroatoms. The lowest BCUT2D eigenvalue weighted by atomic mass is 9.76. The fraction of sp³-hybridized carbons (Fsp3) is 0.250. The summed E-state index contributed by atoms with van der Waals surface area (Å²) in [6, 6.07) is 24.4. The first-order valence-electron chi connectivity index (χ1n) is 11.8. The van der Waals surface area contributed by atoms with Gasteiger partial charge in [-0.1, -0.05) is 72.3 Å². The number of imide groups is 1. The third-order valence-corrected chi connectivity index (χ3v) is 7.77. The number of nitrogens with one attached hydrogen (secondary N) is 2. The zero-order valence-electron chi connectivity index (χ0n) is 18.9. The Morgan fingerprint density at radius 2 is 1.54 bits per heavy atom. The number of benzene rings is 3. The van der Waals surface area contributed by atoms with Crippen LogP contribution in [0.4, 0.5) is 5.69 Å². The van der Waals surface area contributed by atoms with Crippen molar-refractivity contribution < 1.29 is 14.4 Å². The number of nitrogens with zero attached hydrogens (tertiary/aromatic N) is 1. The molecule has 3 aliphatic rings. The molecular formula is C28H24ClN3O3. The maximum atomic E-state index is 13.9. The Morgan fingerprint density at radius 1 is 0.857 bits per heavy atom. The van der Waals surface area contributed by atoms with Gasteiger partial charge in [0.15, 0.2) is 0 Å². The van der Waals surface area contributed by atoms with E-state index in [-0.39, 0.29) is 30.3 Å². The molecule has 2 N–H and O–H groups in total. The average molecular weight is 486 g/mol. The molecule has 0 radical (unpaired) electrons. The molecule has 0 unspecified atom stereocenters. The quantitative estimate of drug-likeness (QED) is 0.542. The highest BCUT2D eigenvalue weighted by Crippen LogP contribution is 2.53. The Kier molecular flexibility index (Phi) is 5.24. The van der Waals surface area contributed by atoms with E-state index in [0.29, 0.717) is 29.1 Å². The second-order valence-electron chi connectivity index (χ2n) is 9.46. The van der Waals surface area contributed by atoms with Crippen LogP contribution in [0.1, 0.15) is 16.7 Å². The van der Waals surface area contributed by atoms with Gasteiger partial charge < -0.3 is 5.32 Å². The summed E-state index contributed by atoms with van der Waals surface area (Å²) >= 11 is 6.32. The molecule has 35 heavy (non-hydrogen) atoms. The zero-order chi connectivity index (χ0) is 24.2. The average Bonchev–Trinajstić information content (AvgIpc) is 3.44. The summed E-state index contributed by atoms with van der Waals surface area (Å²) in [5.41, 5.74) is 2.00. The third kappa shape index (κ3) is 3.39. The van der Waals surface area contributed by atoms with Crippen molar-refractivity contribution in [3.8, 4) is 0 Å². The lowest BCUT2D eigenvalue weighted by Gasteiger charge is -2.29. The molecular weight excluding hydrogens is 462 g/mol. The van der Waals surface area contributed by atoms with Gasteiger partial charge in [-0.05, 0) is 42.2 Å². The maximum Gasteiger partial charge on any atom is 0.250 e. The highest BCUT2D eigenvalue weighted by atomic mass is 35.5. The number of carbonyl (C=O) groups is 3. The number of hydrogen-bond acceptors (Lipinski definition) is 4. The van der Waals surface area contributed by atoms with Crippen LogP contribution in [0.3, 0.4) is 0 Å². The smallest absolute Gasteiger partial charge is 0.250 e. The molecule has 176 valence electrons. The topological polar surface area (TPSA) is 78.5 Å². The Hall–Kier alpha value is -3.48. The monoisotopic (exact) mass is 485 g/mol. The van der Waals surface area contributed by atoms with Crippen LogP contribution >= 0.6 is 11.6 Å². The van der Waals surface area contributed by atoms with Gasteiger partial charge in [0, 0.05) is 28.9 Å². The van der Waals surface area contributed by atoms with E-state index in [4.69, 9.17) is 11.6 Å². The second-order valence-corrected chi connectivity index (χ2v) is 9.90. The number of amides is 3. The van der Waals surface area contributed by atoms with Gasteiger partial charge in [-0.2, -0.15) is 0 Å². The van der Waals surface area contributed by atoms with Crippen molar-refractivity contribution in [1.82, 2.24) is 10.2 Å². The van der Waals surface area contributed by atoms with Crippen LogP contribution in [0.15, 0.2) is 78.9 Å². The summed E-state index contributed by atoms with van der Waals surface area (Å²) in [5.74, 6) is -2.31. The lowest BCUT2D eigenvalue weighted by Crippen LogP contribution is -2.53. The standard InChI is InChI=1S/C28H24ClN3O3/c29-19-11-12-21-20(16-19)28(27(35)30-21)24-23(22(31-28)15-18-9-5-2-6-10-18)25(33)32(26(24)34)14-13-17-7-3-1-4-8-17/h1-12,16,22-24,31H,13-15H2,(H,30,35)/t22-,23-,24-,28+/m0/s1. The van der Waals surface area contributed by atoms with Crippen LogP contribution in [0.25, 0.3) is 0 Å². The molecule has 0 bridgehead atoms. The first kappa shape index (κ1) is 22.0. The molecule has 3 aromatic rings. The molecule has 0 saturated carbocycles. The second kappa shape index (κ2) is 8.33.